The molecule has 0 amide bonds. The molecular weight excluding hydrogens is 460 g/mol. The molecule has 0 unspecified atom stereocenters. The Kier molecular flexibility index (Phi) is 5.21. The van der Waals surface area contributed by atoms with Crippen molar-refractivity contribution in [2.24, 2.45) is 0 Å². The molecule has 35 heavy (non-hydrogen) atoms. The fourth-order valence-corrected chi connectivity index (χ4v) is 7.62. The second-order valence-corrected chi connectivity index (χ2v) is 12.2. The van der Waals surface area contributed by atoms with Crippen molar-refractivity contribution >= 4 is 28.1 Å². The summed E-state index contributed by atoms with van der Waals surface area (Å²) in [6.07, 6.45) is 14.8. The maximum absolute atomic E-state index is 13.1. The maximum Gasteiger partial charge on any atom is 0.227 e. The molecule has 7 rings (SSSR count). The van der Waals surface area contributed by atoms with Crippen LogP contribution in [0.3, 0.4) is 0 Å². The van der Waals surface area contributed by atoms with Crippen LogP contribution < -0.4 is 9.80 Å². The first kappa shape index (κ1) is 21.9. The highest BCUT2D eigenvalue weighted by atomic mass is 32.2. The van der Waals surface area contributed by atoms with Gasteiger partial charge in [0, 0.05) is 37.8 Å². The minimum atomic E-state index is -1.09. The molecule has 0 radical (unpaired) electrons. The normalized spacial score (nSPS) is 27.5. The zero-order valence-electron chi connectivity index (χ0n) is 20.0. The Morgan fingerprint density at radius 3 is 2.54 bits per heavy atom. The van der Waals surface area contributed by atoms with E-state index in [1.165, 1.54) is 24.0 Å². The summed E-state index contributed by atoms with van der Waals surface area (Å²) in [5, 5.41) is 10.8. The molecule has 1 spiro atoms. The highest BCUT2D eigenvalue weighted by Gasteiger charge is 2.53. The highest BCUT2D eigenvalue weighted by Crippen LogP contribution is 2.49. The predicted octanol–water partition coefficient (Wildman–Crippen LogP) is 2.99. The smallest absolute Gasteiger partial charge is 0.227 e. The lowest BCUT2D eigenvalue weighted by molar-refractivity contribution is 0.0579. The van der Waals surface area contributed by atoms with Gasteiger partial charge in [0.25, 0.3) is 0 Å². The van der Waals surface area contributed by atoms with E-state index >= 15 is 0 Å². The first-order valence-corrected chi connectivity index (χ1v) is 14.5. The van der Waals surface area contributed by atoms with E-state index in [-0.39, 0.29) is 11.6 Å². The fourth-order valence-electron chi connectivity index (χ4n) is 6.24. The first-order valence-electron chi connectivity index (χ1n) is 13.1. The van der Waals surface area contributed by atoms with Crippen LogP contribution in [0.25, 0.3) is 5.57 Å². The number of aliphatic hydroxyl groups excluding tert-OH is 1. The number of aromatic nitrogens is 4. The Labute approximate surface area is 208 Å². The molecule has 5 heterocycles. The summed E-state index contributed by atoms with van der Waals surface area (Å²) in [6, 6.07) is 0. The molecule has 3 fully saturated rings. The Hall–Kier alpha value is -2.39. The number of aliphatic hydroxyl groups is 1. The quantitative estimate of drug-likeness (QED) is 0.696. The van der Waals surface area contributed by atoms with Gasteiger partial charge in [-0.3, -0.25) is 4.21 Å². The van der Waals surface area contributed by atoms with E-state index in [1.807, 2.05) is 12.4 Å². The standard InChI is InChI=1S/C26H32N6O2S/c33-21-8-13-32(26(21)9-2-10-26)24-22-20(3-1-14-35(22)34)29-25(30-24)31-11-6-18(7-12-31)23-27-15-19(16-28-23)17-4-5-17/h6,15-17,21,33H,1-5,7-14H2/t21-,35+/m1/s1. The molecule has 8 nitrogen and oxygen atoms in total. The van der Waals surface area contributed by atoms with Gasteiger partial charge in [0.2, 0.25) is 5.95 Å². The van der Waals surface area contributed by atoms with Crippen LogP contribution in [0.1, 0.15) is 74.4 Å². The van der Waals surface area contributed by atoms with Crippen LogP contribution in [0.4, 0.5) is 11.8 Å². The third-order valence-corrected chi connectivity index (χ3v) is 10.2. The lowest BCUT2D eigenvalue weighted by Gasteiger charge is -2.48. The van der Waals surface area contributed by atoms with Crippen molar-refractivity contribution in [3.8, 4) is 0 Å². The van der Waals surface area contributed by atoms with Crippen LogP contribution in [0.2, 0.25) is 0 Å². The molecular formula is C26H32N6O2S. The van der Waals surface area contributed by atoms with E-state index in [2.05, 4.69) is 25.8 Å². The summed E-state index contributed by atoms with van der Waals surface area (Å²) >= 11 is 0. The fraction of sp³-hybridized carbons (Fsp3) is 0.615. The third kappa shape index (κ3) is 3.61. The Morgan fingerprint density at radius 2 is 1.86 bits per heavy atom. The lowest BCUT2D eigenvalue weighted by atomic mass is 9.73. The Balaban J connectivity index is 1.19. The molecule has 2 aromatic rings. The van der Waals surface area contributed by atoms with E-state index in [0.29, 0.717) is 24.2 Å². The molecule has 0 bridgehead atoms. The van der Waals surface area contributed by atoms with Gasteiger partial charge in [-0.15, -0.1) is 0 Å². The average molecular weight is 493 g/mol. The molecule has 9 heteroatoms. The second-order valence-electron chi connectivity index (χ2n) is 10.7. The molecule has 1 saturated heterocycles. The van der Waals surface area contributed by atoms with E-state index in [1.54, 1.807) is 0 Å². The second kappa shape index (κ2) is 8.34. The van der Waals surface area contributed by atoms with E-state index < -0.39 is 10.8 Å². The highest BCUT2D eigenvalue weighted by molar-refractivity contribution is 7.85. The van der Waals surface area contributed by atoms with Gasteiger partial charge < -0.3 is 14.9 Å². The zero-order chi connectivity index (χ0) is 23.6. The minimum Gasteiger partial charge on any atom is -0.391 e. The van der Waals surface area contributed by atoms with Crippen molar-refractivity contribution in [2.45, 2.75) is 80.2 Å². The maximum atomic E-state index is 13.1. The van der Waals surface area contributed by atoms with Gasteiger partial charge in [-0.2, -0.15) is 4.98 Å². The van der Waals surface area contributed by atoms with Gasteiger partial charge in [0.05, 0.1) is 28.1 Å². The number of nitrogens with zero attached hydrogens (tertiary/aromatic N) is 6. The number of hydrogen-bond donors (Lipinski definition) is 1. The van der Waals surface area contributed by atoms with Crippen molar-refractivity contribution < 1.29 is 9.32 Å². The van der Waals surface area contributed by atoms with Crippen LogP contribution in [0, 0.1) is 0 Å². The zero-order valence-corrected chi connectivity index (χ0v) is 20.8. The molecule has 3 aliphatic heterocycles. The summed E-state index contributed by atoms with van der Waals surface area (Å²) in [4.78, 5) is 24.6. The summed E-state index contributed by atoms with van der Waals surface area (Å²) in [5.74, 6) is 3.69. The van der Waals surface area contributed by atoms with E-state index in [9.17, 15) is 9.32 Å². The predicted molar refractivity (Wildman–Crippen MR) is 135 cm³/mol. The number of aryl methyl sites for hydroxylation is 1. The van der Waals surface area contributed by atoms with E-state index in [4.69, 9.17) is 9.97 Å². The summed E-state index contributed by atoms with van der Waals surface area (Å²) in [7, 11) is -1.09. The van der Waals surface area contributed by atoms with Crippen LogP contribution in [0.15, 0.2) is 23.4 Å². The van der Waals surface area contributed by atoms with Crippen LogP contribution in [-0.4, -0.2) is 66.3 Å². The summed E-state index contributed by atoms with van der Waals surface area (Å²) in [5.41, 5.74) is 3.13. The van der Waals surface area contributed by atoms with Crippen molar-refractivity contribution in [2.75, 3.05) is 35.2 Å². The van der Waals surface area contributed by atoms with Crippen molar-refractivity contribution in [3.05, 3.63) is 35.6 Å². The van der Waals surface area contributed by atoms with Crippen LogP contribution in [0.5, 0.6) is 0 Å². The van der Waals surface area contributed by atoms with Crippen molar-refractivity contribution in [3.63, 3.8) is 0 Å². The lowest BCUT2D eigenvalue weighted by Crippen LogP contribution is -2.56. The number of anilines is 2. The monoisotopic (exact) mass is 492 g/mol. The third-order valence-electron chi connectivity index (χ3n) is 8.64. The summed E-state index contributed by atoms with van der Waals surface area (Å²) in [6.45, 7) is 2.27. The molecule has 2 aliphatic carbocycles. The number of hydrogen-bond acceptors (Lipinski definition) is 8. The summed E-state index contributed by atoms with van der Waals surface area (Å²) < 4.78 is 13.1. The van der Waals surface area contributed by atoms with Crippen LogP contribution in [-0.2, 0) is 17.2 Å². The van der Waals surface area contributed by atoms with Crippen molar-refractivity contribution in [1.29, 1.82) is 0 Å². The van der Waals surface area contributed by atoms with Crippen molar-refractivity contribution in [1.82, 2.24) is 19.9 Å². The molecule has 2 aromatic heterocycles. The van der Waals surface area contributed by atoms with Gasteiger partial charge in [-0.25, -0.2) is 15.0 Å². The van der Waals surface area contributed by atoms with E-state index in [0.717, 1.165) is 80.3 Å². The topological polar surface area (TPSA) is 95.3 Å². The van der Waals surface area contributed by atoms with Gasteiger partial charge in [-0.05, 0) is 74.8 Å². The van der Waals surface area contributed by atoms with Gasteiger partial charge >= 0.3 is 0 Å². The van der Waals surface area contributed by atoms with Gasteiger partial charge in [0.15, 0.2) is 11.6 Å². The van der Waals surface area contributed by atoms with Crippen LogP contribution >= 0.6 is 0 Å². The molecule has 2 atom stereocenters. The number of rotatable bonds is 4. The minimum absolute atomic E-state index is 0.236. The van der Waals surface area contributed by atoms with Gasteiger partial charge in [-0.1, -0.05) is 6.08 Å². The SMILES string of the molecule is O=[S@]1CCCc2nc(N3CC=C(c4ncc(C5CC5)cn4)CC3)nc(N3CC[C@@H](O)C34CCC4)c21. The largest absolute Gasteiger partial charge is 0.391 e. The molecule has 1 N–H and O–H groups in total. The number of fused-ring (bicyclic) bond motifs is 1. The molecule has 2 saturated carbocycles. The Bertz CT molecular complexity index is 1210. The first-order chi connectivity index (χ1) is 17.1. The molecule has 184 valence electrons. The molecule has 5 aliphatic rings. The van der Waals surface area contributed by atoms with Gasteiger partial charge in [0.1, 0.15) is 4.90 Å². The molecule has 0 aromatic carbocycles. The Morgan fingerprint density at radius 1 is 1.03 bits per heavy atom. The average Bonchev–Trinajstić information content (AvgIpc) is 3.65.